The lowest BCUT2D eigenvalue weighted by atomic mass is 10.0. The summed E-state index contributed by atoms with van der Waals surface area (Å²) < 4.78 is 0. The summed E-state index contributed by atoms with van der Waals surface area (Å²) in [5.74, 6) is 0.0782. The Kier molecular flexibility index (Phi) is 5.97. The first kappa shape index (κ1) is 18.2. The fourth-order valence-corrected chi connectivity index (χ4v) is 4.50. The van der Waals surface area contributed by atoms with Crippen LogP contribution in [0.2, 0.25) is 0 Å². The normalized spacial score (nSPS) is 19.7. The Labute approximate surface area is 153 Å². The molecule has 134 valence electrons. The highest BCUT2D eigenvalue weighted by Crippen LogP contribution is 2.38. The number of carbonyl (C=O) groups excluding carboxylic acids is 2. The molecule has 1 saturated carbocycles. The van der Waals surface area contributed by atoms with Crippen LogP contribution in [-0.4, -0.2) is 40.2 Å². The van der Waals surface area contributed by atoms with Crippen molar-refractivity contribution in [2.45, 2.75) is 51.5 Å². The third kappa shape index (κ3) is 3.82. The summed E-state index contributed by atoms with van der Waals surface area (Å²) in [6, 6.07) is 7.75. The zero-order chi connectivity index (χ0) is 17.8. The Balaban J connectivity index is 1.95. The molecule has 1 aliphatic heterocycles. The number of carbonyl (C=O) groups is 2. The molecule has 0 atom stereocenters. The molecule has 1 aromatic rings. The maximum Gasteiger partial charge on any atom is 0.268 e. The van der Waals surface area contributed by atoms with E-state index in [-0.39, 0.29) is 24.5 Å². The average molecular weight is 359 g/mol. The second-order valence-electron chi connectivity index (χ2n) is 6.77. The van der Waals surface area contributed by atoms with E-state index in [1.54, 1.807) is 0 Å². The van der Waals surface area contributed by atoms with Crippen LogP contribution < -0.4 is 0 Å². The Morgan fingerprint density at radius 2 is 1.68 bits per heavy atom. The third-order valence-corrected chi connectivity index (χ3v) is 5.99. The molecule has 3 rings (SSSR count). The highest BCUT2D eigenvalue weighted by Gasteiger charge is 2.42. The van der Waals surface area contributed by atoms with Crippen molar-refractivity contribution in [1.82, 2.24) is 4.90 Å². The molecule has 0 saturated heterocycles. The number of hydrogen-bond donors (Lipinski definition) is 1. The SMILES string of the molecule is Cc1ccc(C2=C(SCCO)C(=O)N(C3CCCCCC3)C2=O)cc1. The Hall–Kier alpha value is -1.59. The second kappa shape index (κ2) is 8.19. The summed E-state index contributed by atoms with van der Waals surface area (Å²) >= 11 is 1.29. The first-order valence-corrected chi connectivity index (χ1v) is 10.0. The summed E-state index contributed by atoms with van der Waals surface area (Å²) in [5, 5.41) is 9.17. The zero-order valence-corrected chi connectivity index (χ0v) is 15.5. The summed E-state index contributed by atoms with van der Waals surface area (Å²) in [5.41, 5.74) is 2.42. The second-order valence-corrected chi connectivity index (χ2v) is 7.87. The Morgan fingerprint density at radius 1 is 1.04 bits per heavy atom. The fourth-order valence-electron chi connectivity index (χ4n) is 3.63. The monoisotopic (exact) mass is 359 g/mol. The van der Waals surface area contributed by atoms with Gasteiger partial charge in [-0.2, -0.15) is 0 Å². The van der Waals surface area contributed by atoms with Gasteiger partial charge in [-0.05, 0) is 25.3 Å². The van der Waals surface area contributed by atoms with Crippen LogP contribution in [0.15, 0.2) is 29.2 Å². The van der Waals surface area contributed by atoms with E-state index < -0.39 is 0 Å². The van der Waals surface area contributed by atoms with Crippen LogP contribution in [-0.2, 0) is 9.59 Å². The van der Waals surface area contributed by atoms with Crippen LogP contribution in [0.3, 0.4) is 0 Å². The van der Waals surface area contributed by atoms with Gasteiger partial charge < -0.3 is 5.11 Å². The van der Waals surface area contributed by atoms with E-state index in [2.05, 4.69) is 0 Å². The number of aryl methyl sites for hydroxylation is 1. The maximum absolute atomic E-state index is 13.2. The number of benzene rings is 1. The number of aliphatic hydroxyl groups is 1. The van der Waals surface area contributed by atoms with Crippen LogP contribution in [0.4, 0.5) is 0 Å². The first-order valence-electron chi connectivity index (χ1n) is 9.06. The van der Waals surface area contributed by atoms with E-state index in [0.29, 0.717) is 16.2 Å². The highest BCUT2D eigenvalue weighted by atomic mass is 32.2. The van der Waals surface area contributed by atoms with Gasteiger partial charge in [-0.3, -0.25) is 14.5 Å². The van der Waals surface area contributed by atoms with E-state index in [1.165, 1.54) is 29.5 Å². The van der Waals surface area contributed by atoms with Crippen LogP contribution in [0, 0.1) is 6.92 Å². The maximum atomic E-state index is 13.2. The van der Waals surface area contributed by atoms with Crippen LogP contribution in [0.1, 0.15) is 49.7 Å². The predicted molar refractivity (Wildman–Crippen MR) is 101 cm³/mol. The average Bonchev–Trinajstić information content (AvgIpc) is 2.78. The smallest absolute Gasteiger partial charge is 0.268 e. The molecule has 4 nitrogen and oxygen atoms in total. The highest BCUT2D eigenvalue weighted by molar-refractivity contribution is 8.04. The third-order valence-electron chi connectivity index (χ3n) is 4.94. The van der Waals surface area contributed by atoms with Gasteiger partial charge >= 0.3 is 0 Å². The van der Waals surface area contributed by atoms with Crippen molar-refractivity contribution < 1.29 is 14.7 Å². The van der Waals surface area contributed by atoms with Gasteiger partial charge in [0.1, 0.15) is 0 Å². The van der Waals surface area contributed by atoms with E-state index in [0.717, 1.165) is 36.8 Å². The lowest BCUT2D eigenvalue weighted by molar-refractivity contribution is -0.139. The van der Waals surface area contributed by atoms with E-state index in [1.807, 2.05) is 31.2 Å². The molecule has 1 aromatic carbocycles. The van der Waals surface area contributed by atoms with E-state index >= 15 is 0 Å². The topological polar surface area (TPSA) is 57.6 Å². The Bertz CT molecular complexity index is 673. The molecule has 2 amide bonds. The number of amides is 2. The van der Waals surface area contributed by atoms with Gasteiger partial charge in [0.15, 0.2) is 0 Å². The van der Waals surface area contributed by atoms with Crippen molar-refractivity contribution in [1.29, 1.82) is 0 Å². The quantitative estimate of drug-likeness (QED) is 0.645. The van der Waals surface area contributed by atoms with Gasteiger partial charge in [-0.25, -0.2) is 0 Å². The number of nitrogens with zero attached hydrogens (tertiary/aromatic N) is 1. The first-order chi connectivity index (χ1) is 12.1. The minimum Gasteiger partial charge on any atom is -0.396 e. The number of hydrogen-bond acceptors (Lipinski definition) is 4. The van der Waals surface area contributed by atoms with Crippen LogP contribution in [0.25, 0.3) is 5.57 Å². The molecular weight excluding hydrogens is 334 g/mol. The molecule has 0 aromatic heterocycles. The van der Waals surface area contributed by atoms with Crippen molar-refractivity contribution in [3.05, 3.63) is 40.3 Å². The lowest BCUT2D eigenvalue weighted by Gasteiger charge is -2.25. The zero-order valence-electron chi connectivity index (χ0n) is 14.7. The largest absolute Gasteiger partial charge is 0.396 e. The van der Waals surface area contributed by atoms with Crippen LogP contribution in [0.5, 0.6) is 0 Å². The summed E-state index contributed by atoms with van der Waals surface area (Å²) in [4.78, 5) is 28.2. The lowest BCUT2D eigenvalue weighted by Crippen LogP contribution is -2.40. The van der Waals surface area contributed by atoms with E-state index in [4.69, 9.17) is 0 Å². The molecular formula is C20H25NO3S. The van der Waals surface area contributed by atoms with Gasteiger partial charge in [-0.1, -0.05) is 55.5 Å². The molecule has 0 unspecified atom stereocenters. The van der Waals surface area contributed by atoms with Gasteiger partial charge in [0.05, 0.1) is 17.1 Å². The summed E-state index contributed by atoms with van der Waals surface area (Å²) in [6.45, 7) is 1.99. The van der Waals surface area contributed by atoms with Crippen molar-refractivity contribution in [2.24, 2.45) is 0 Å². The van der Waals surface area contributed by atoms with Crippen molar-refractivity contribution in [2.75, 3.05) is 12.4 Å². The van der Waals surface area contributed by atoms with E-state index in [9.17, 15) is 14.7 Å². The van der Waals surface area contributed by atoms with Gasteiger partial charge in [-0.15, -0.1) is 11.8 Å². The van der Waals surface area contributed by atoms with Crippen molar-refractivity contribution in [3.8, 4) is 0 Å². The summed E-state index contributed by atoms with van der Waals surface area (Å²) in [6.07, 6.45) is 6.29. The number of imide groups is 1. The molecule has 0 radical (unpaired) electrons. The molecule has 1 aliphatic carbocycles. The molecule has 0 spiro atoms. The Morgan fingerprint density at radius 3 is 2.28 bits per heavy atom. The predicted octanol–water partition coefficient (Wildman–Crippen LogP) is 3.52. The molecule has 0 bridgehead atoms. The molecule has 1 heterocycles. The van der Waals surface area contributed by atoms with Crippen molar-refractivity contribution >= 4 is 29.1 Å². The number of thioether (sulfide) groups is 1. The number of rotatable bonds is 5. The standard InChI is InChI=1S/C20H25NO3S/c1-14-8-10-15(11-9-14)17-18(25-13-12-22)20(24)21(19(17)23)16-6-4-2-3-5-7-16/h8-11,16,22H,2-7,12-13H2,1H3. The van der Waals surface area contributed by atoms with Gasteiger partial charge in [0, 0.05) is 11.8 Å². The van der Waals surface area contributed by atoms with Gasteiger partial charge in [0.25, 0.3) is 11.8 Å². The molecule has 2 aliphatic rings. The molecule has 1 fully saturated rings. The fraction of sp³-hybridized carbons (Fsp3) is 0.500. The molecule has 1 N–H and O–H groups in total. The molecule has 5 heteroatoms. The summed E-state index contributed by atoms with van der Waals surface area (Å²) in [7, 11) is 0. The van der Waals surface area contributed by atoms with Crippen molar-refractivity contribution in [3.63, 3.8) is 0 Å². The molecule has 25 heavy (non-hydrogen) atoms. The number of aliphatic hydroxyl groups excluding tert-OH is 1. The van der Waals surface area contributed by atoms with Gasteiger partial charge in [0.2, 0.25) is 0 Å². The van der Waals surface area contributed by atoms with Crippen LogP contribution >= 0.6 is 11.8 Å². The minimum absolute atomic E-state index is 0.00942. The minimum atomic E-state index is -0.175.